The van der Waals surface area contributed by atoms with Crippen molar-refractivity contribution in [3.05, 3.63) is 147 Å². The Labute approximate surface area is 252 Å². The number of nitrogens with zero attached hydrogens (tertiary/aromatic N) is 2. The summed E-state index contributed by atoms with van der Waals surface area (Å²) in [6.07, 6.45) is 9.43. The fourth-order valence-corrected chi connectivity index (χ4v) is 10.7. The topological polar surface area (TPSA) is 9.86 Å². The third kappa shape index (κ3) is 4.11. The number of benzene rings is 4. The van der Waals surface area contributed by atoms with E-state index in [4.69, 9.17) is 0 Å². The molecule has 188 valence electrons. The molecule has 0 saturated heterocycles. The van der Waals surface area contributed by atoms with Crippen LogP contribution in [0.3, 0.4) is 0 Å². The van der Waals surface area contributed by atoms with Crippen LogP contribution in [0, 0.1) is 0 Å². The first kappa shape index (κ1) is 26.1. The van der Waals surface area contributed by atoms with Gasteiger partial charge >= 0.3 is 229 Å². The van der Waals surface area contributed by atoms with E-state index in [1.165, 1.54) is 49.8 Å². The van der Waals surface area contributed by atoms with Crippen LogP contribution in [0.15, 0.2) is 125 Å². The zero-order valence-electron chi connectivity index (χ0n) is 21.0. The molecule has 8 rings (SSSR count). The normalized spacial score (nSPS) is 17.0. The van der Waals surface area contributed by atoms with Gasteiger partial charge in [-0.3, -0.25) is 0 Å². The summed E-state index contributed by atoms with van der Waals surface area (Å²) in [5, 5.41) is 2.66. The minimum Gasteiger partial charge on any atom is -1.00 e. The van der Waals surface area contributed by atoms with Gasteiger partial charge in [0.1, 0.15) is 0 Å². The van der Waals surface area contributed by atoms with E-state index in [1.54, 1.807) is 3.28 Å². The molecule has 39 heavy (non-hydrogen) atoms. The van der Waals surface area contributed by atoms with E-state index in [9.17, 15) is 0 Å². The Hall–Kier alpha value is -3.10. The molecule has 0 fully saturated rings. The van der Waals surface area contributed by atoms with Crippen molar-refractivity contribution in [1.29, 1.82) is 0 Å². The van der Waals surface area contributed by atoms with Crippen LogP contribution < -0.4 is 24.8 Å². The van der Waals surface area contributed by atoms with Crippen LogP contribution in [-0.2, 0) is 23.2 Å². The molecule has 5 heteroatoms. The van der Waals surface area contributed by atoms with E-state index >= 15 is 0 Å². The van der Waals surface area contributed by atoms with Crippen molar-refractivity contribution in [3.63, 3.8) is 0 Å². The van der Waals surface area contributed by atoms with Crippen molar-refractivity contribution in [2.45, 2.75) is 9.67 Å². The number of fused-ring (bicyclic) bond motifs is 5. The Morgan fingerprint density at radius 1 is 0.538 bits per heavy atom. The molecule has 2 aliphatic carbocycles. The quantitative estimate of drug-likeness (QED) is 0.286. The molecule has 2 aromatic heterocycles. The van der Waals surface area contributed by atoms with Crippen LogP contribution in [0.5, 0.6) is 0 Å². The van der Waals surface area contributed by atoms with Gasteiger partial charge in [0, 0.05) is 0 Å². The van der Waals surface area contributed by atoms with Gasteiger partial charge in [0.15, 0.2) is 0 Å². The van der Waals surface area contributed by atoms with Crippen LogP contribution in [0.4, 0.5) is 0 Å². The smallest absolute Gasteiger partial charge is 1.00 e. The Morgan fingerprint density at radius 2 is 1.08 bits per heavy atom. The second kappa shape index (κ2) is 10.5. The van der Waals surface area contributed by atoms with Gasteiger partial charge < -0.3 is 24.8 Å². The van der Waals surface area contributed by atoms with Crippen molar-refractivity contribution in [2.75, 3.05) is 0 Å². The summed E-state index contributed by atoms with van der Waals surface area (Å²) in [6.45, 7) is 0. The molecular formula is C34H24Cl2N2Zr. The molecule has 2 heterocycles. The maximum Gasteiger partial charge on any atom is -1.00 e. The van der Waals surface area contributed by atoms with Crippen LogP contribution in [0.25, 0.3) is 39.7 Å². The molecule has 4 aromatic carbocycles. The molecule has 0 radical (unpaired) electrons. The molecule has 2 aliphatic rings. The van der Waals surface area contributed by atoms with E-state index in [1.807, 2.05) is 0 Å². The van der Waals surface area contributed by atoms with Gasteiger partial charge in [-0.15, -0.1) is 0 Å². The first-order valence-corrected chi connectivity index (χ1v) is 15.5. The summed E-state index contributed by atoms with van der Waals surface area (Å²) in [4.78, 5) is 0. The van der Waals surface area contributed by atoms with Gasteiger partial charge in [0.05, 0.1) is 0 Å². The first-order valence-electron chi connectivity index (χ1n) is 12.9. The van der Waals surface area contributed by atoms with Gasteiger partial charge in [0.25, 0.3) is 0 Å². The van der Waals surface area contributed by atoms with Crippen LogP contribution in [0.1, 0.15) is 31.9 Å². The molecule has 0 N–H and O–H groups in total. The Kier molecular flexibility index (Phi) is 7.02. The Balaban J connectivity index is 0.00000138. The number of hydrogen-bond acceptors (Lipinski definition) is 0. The molecule has 0 saturated carbocycles. The number of allylic oxidation sites excluding steroid dienone is 2. The zero-order valence-corrected chi connectivity index (χ0v) is 25.0. The molecule has 0 aliphatic heterocycles. The van der Waals surface area contributed by atoms with E-state index < -0.39 is 23.2 Å². The van der Waals surface area contributed by atoms with Crippen molar-refractivity contribution < 1.29 is 48.0 Å². The van der Waals surface area contributed by atoms with Crippen molar-refractivity contribution in [1.82, 2.24) is 9.13 Å². The molecule has 2 atom stereocenters. The zero-order chi connectivity index (χ0) is 24.3. The monoisotopic (exact) mass is 620 g/mol. The predicted octanol–water partition coefficient (Wildman–Crippen LogP) is 2.38. The Bertz CT molecular complexity index is 1830. The predicted molar refractivity (Wildman–Crippen MR) is 150 cm³/mol. The van der Waals surface area contributed by atoms with Crippen molar-refractivity contribution in [2.24, 2.45) is 0 Å². The maximum atomic E-state index is 2.56. The van der Waals surface area contributed by atoms with Crippen molar-refractivity contribution in [3.8, 4) is 0 Å². The van der Waals surface area contributed by atoms with Crippen molar-refractivity contribution >= 4 is 39.7 Å². The summed E-state index contributed by atoms with van der Waals surface area (Å²) >= 11 is -1.11. The minimum atomic E-state index is -1.11. The molecule has 0 amide bonds. The van der Waals surface area contributed by atoms with E-state index in [0.717, 1.165) is 0 Å². The maximum absolute atomic E-state index is 2.56. The number of aromatic nitrogens is 2. The average molecular weight is 623 g/mol. The molecule has 0 bridgehead atoms. The number of rotatable bonds is 4. The van der Waals surface area contributed by atoms with E-state index in [0.29, 0.717) is 9.67 Å². The fourth-order valence-electron chi connectivity index (χ4n) is 6.29. The summed E-state index contributed by atoms with van der Waals surface area (Å²) in [6, 6.07) is 40.4. The summed E-state index contributed by atoms with van der Waals surface area (Å²) in [5.74, 6) is 0. The minimum absolute atomic E-state index is 0. The molecule has 2 nitrogen and oxygen atoms in total. The third-order valence-electron chi connectivity index (χ3n) is 7.88. The largest absolute Gasteiger partial charge is 1.00 e. The Morgan fingerprint density at radius 3 is 1.74 bits per heavy atom. The summed E-state index contributed by atoms with van der Waals surface area (Å²) in [7, 11) is 0. The van der Waals surface area contributed by atoms with Gasteiger partial charge in [0.2, 0.25) is 0 Å². The van der Waals surface area contributed by atoms with Gasteiger partial charge in [-0.25, -0.2) is 0 Å². The third-order valence-corrected chi connectivity index (χ3v) is 11.9. The number of halogens is 2. The molecule has 0 spiro atoms. The van der Waals surface area contributed by atoms with E-state index in [-0.39, 0.29) is 24.8 Å². The number of hydrogen-bond donors (Lipinski definition) is 0. The first-order chi connectivity index (χ1) is 18.4. The summed E-state index contributed by atoms with van der Waals surface area (Å²) in [5.41, 5.74) is 9.73. The molecule has 2 unspecified atom stereocenters. The van der Waals surface area contributed by atoms with Crippen LogP contribution in [-0.4, -0.2) is 9.13 Å². The number of para-hydroxylation sites is 2. The van der Waals surface area contributed by atoms with Gasteiger partial charge in [-0.1, -0.05) is 0 Å². The average Bonchev–Trinajstić information content (AvgIpc) is 3.72. The van der Waals surface area contributed by atoms with E-state index in [2.05, 4.69) is 143 Å². The van der Waals surface area contributed by atoms with Gasteiger partial charge in [-0.2, -0.15) is 0 Å². The summed E-state index contributed by atoms with van der Waals surface area (Å²) < 4.78 is 7.04. The van der Waals surface area contributed by atoms with Gasteiger partial charge in [-0.05, 0) is 0 Å². The second-order valence-electron chi connectivity index (χ2n) is 9.91. The SMILES string of the molecule is C1=[C]([Zr+2][CH]2C(n3c4ccccc4c4ccccc43)=Cc3ccccc32)C(n2cccc2)c2ccccc21.[Cl-].[Cl-]. The van der Waals surface area contributed by atoms with Crippen LogP contribution in [0.2, 0.25) is 0 Å². The second-order valence-corrected chi connectivity index (χ2v) is 13.5. The van der Waals surface area contributed by atoms with Crippen LogP contribution >= 0.6 is 0 Å². The standard InChI is InChI=1S/C21H14N.C13H10N.2ClH.Zr/c1-2-8-16-14-17(13-15(16)7-1)22-20-11-5-3-9-18(20)19-10-4-6-12-21(19)22;1-2-6-12-11(5-1)7-8-13(12)14-9-3-4-10-14;;;/h1-14H;1-7,9-10,13H;2*1H;/q;;;;+2/p-2. The molecule has 6 aromatic rings. The molecular weight excluding hydrogens is 599 g/mol. The fraction of sp³-hybridized carbons (Fsp3) is 0.0588.